The van der Waals surface area contributed by atoms with Crippen molar-refractivity contribution in [2.24, 2.45) is 0 Å². The van der Waals surface area contributed by atoms with Gasteiger partial charge in [-0.2, -0.15) is 0 Å². The van der Waals surface area contributed by atoms with Crippen molar-refractivity contribution < 1.29 is 28.6 Å². The number of esters is 3. The minimum atomic E-state index is -0.799. The van der Waals surface area contributed by atoms with Crippen molar-refractivity contribution in [3.05, 3.63) is 146 Å². The van der Waals surface area contributed by atoms with Gasteiger partial charge in [-0.15, -0.1) is 0 Å². The Morgan fingerprint density at radius 3 is 0.735 bits per heavy atom. The molecule has 0 aromatic carbocycles. The molecule has 0 saturated heterocycles. The zero-order valence-corrected chi connectivity index (χ0v) is 53.9. The highest BCUT2D eigenvalue weighted by molar-refractivity contribution is 5.71. The molecular formula is C77H126O6. The summed E-state index contributed by atoms with van der Waals surface area (Å²) in [6, 6.07) is 0. The van der Waals surface area contributed by atoms with E-state index in [2.05, 4.69) is 167 Å². The summed E-state index contributed by atoms with van der Waals surface area (Å²) >= 11 is 0. The summed E-state index contributed by atoms with van der Waals surface area (Å²) in [7, 11) is 0. The monoisotopic (exact) mass is 1150 g/mol. The number of carbonyl (C=O) groups excluding carboxylic acids is 3. The Labute approximate surface area is 512 Å². The van der Waals surface area contributed by atoms with E-state index < -0.39 is 6.10 Å². The van der Waals surface area contributed by atoms with Crippen LogP contribution in [0.2, 0.25) is 0 Å². The molecule has 0 aliphatic heterocycles. The summed E-state index contributed by atoms with van der Waals surface area (Å²) in [6.07, 6.45) is 100.0. The van der Waals surface area contributed by atoms with Crippen LogP contribution in [0.5, 0.6) is 0 Å². The van der Waals surface area contributed by atoms with Crippen LogP contribution in [0.3, 0.4) is 0 Å². The van der Waals surface area contributed by atoms with E-state index in [-0.39, 0.29) is 31.1 Å². The fourth-order valence-electron chi connectivity index (χ4n) is 9.23. The van der Waals surface area contributed by atoms with Crippen LogP contribution in [0.1, 0.15) is 303 Å². The van der Waals surface area contributed by atoms with Crippen LogP contribution in [-0.2, 0) is 28.6 Å². The Morgan fingerprint density at radius 1 is 0.253 bits per heavy atom. The van der Waals surface area contributed by atoms with Gasteiger partial charge in [-0.1, -0.05) is 289 Å². The topological polar surface area (TPSA) is 78.9 Å². The Morgan fingerprint density at radius 2 is 0.470 bits per heavy atom. The third-order valence-corrected chi connectivity index (χ3v) is 14.3. The van der Waals surface area contributed by atoms with Crippen LogP contribution in [-0.4, -0.2) is 37.2 Å². The predicted molar refractivity (Wildman–Crippen MR) is 362 cm³/mol. The standard InChI is InChI=1S/C77H126O6/c1-4-7-10-13-16-19-22-25-28-31-33-34-35-36-37-38-39-40-41-42-44-46-49-52-55-58-61-64-67-70-76(79)82-73-74(72-81-75(78)69-66-63-60-57-54-51-48-45-30-27-24-21-18-15-12-9-6-3)83-77(80)71-68-65-62-59-56-53-50-47-43-32-29-26-23-20-17-14-11-8-5-2/h7,9-10,12,16-21,25-30,33-34,36-37,39-40,43,47,74H,4-6,8,11,13-15,22-24,31-32,35,38,41-42,44-46,48-73H2,1-3H3/b10-7-,12-9-,19-16-,20-17-,21-18-,28-25-,29-26-,30-27-,34-33-,37-36-,40-39-,47-43-. The van der Waals surface area contributed by atoms with Crippen molar-refractivity contribution >= 4 is 17.9 Å². The van der Waals surface area contributed by atoms with Crippen molar-refractivity contribution in [1.29, 1.82) is 0 Å². The highest BCUT2D eigenvalue weighted by Crippen LogP contribution is 2.16. The van der Waals surface area contributed by atoms with Crippen LogP contribution >= 0.6 is 0 Å². The molecular weight excluding hydrogens is 1020 g/mol. The number of hydrogen-bond donors (Lipinski definition) is 0. The molecule has 0 aliphatic carbocycles. The van der Waals surface area contributed by atoms with Crippen LogP contribution in [0.25, 0.3) is 0 Å². The van der Waals surface area contributed by atoms with Gasteiger partial charge >= 0.3 is 17.9 Å². The second-order valence-corrected chi connectivity index (χ2v) is 22.3. The summed E-state index contributed by atoms with van der Waals surface area (Å²) in [4.78, 5) is 38.5. The van der Waals surface area contributed by atoms with Crippen molar-refractivity contribution in [1.82, 2.24) is 0 Å². The predicted octanol–water partition coefficient (Wildman–Crippen LogP) is 23.9. The first kappa shape index (κ1) is 78.3. The van der Waals surface area contributed by atoms with E-state index in [1.807, 2.05) is 0 Å². The maximum atomic E-state index is 12.9. The Hall–Kier alpha value is -4.71. The largest absolute Gasteiger partial charge is 0.462 e. The van der Waals surface area contributed by atoms with Crippen molar-refractivity contribution in [2.75, 3.05) is 13.2 Å². The minimum absolute atomic E-state index is 0.0930. The third-order valence-electron chi connectivity index (χ3n) is 14.3. The highest BCUT2D eigenvalue weighted by Gasteiger charge is 2.19. The SMILES string of the molecule is CC/C=C\C/C=C\C/C=C\C/C=C\C/C=C\C/C=C\CCCCCCCCCCCCC(=O)OCC(COC(=O)CCCCCCCCC/C=C\C/C=C\C/C=C\CC)OC(=O)CCCCCCCC/C=C\C/C=C\C/C=C\CCCCC. The van der Waals surface area contributed by atoms with E-state index in [0.29, 0.717) is 19.3 Å². The van der Waals surface area contributed by atoms with Gasteiger partial charge in [0, 0.05) is 19.3 Å². The second kappa shape index (κ2) is 69.8. The van der Waals surface area contributed by atoms with Crippen molar-refractivity contribution in [3.63, 3.8) is 0 Å². The lowest BCUT2D eigenvalue weighted by atomic mass is 10.1. The van der Waals surface area contributed by atoms with Gasteiger partial charge in [0.15, 0.2) is 6.10 Å². The number of unbranched alkanes of at least 4 members (excludes halogenated alkanes) is 26. The summed E-state index contributed by atoms with van der Waals surface area (Å²) in [5.41, 5.74) is 0. The molecule has 0 radical (unpaired) electrons. The van der Waals surface area contributed by atoms with E-state index in [9.17, 15) is 14.4 Å². The summed E-state index contributed by atoms with van der Waals surface area (Å²) in [5.74, 6) is -0.915. The Bertz CT molecular complexity index is 1800. The Balaban J connectivity index is 4.39. The summed E-state index contributed by atoms with van der Waals surface area (Å²) in [6.45, 7) is 6.38. The molecule has 0 fully saturated rings. The normalized spacial score (nSPS) is 13.0. The van der Waals surface area contributed by atoms with Gasteiger partial charge in [-0.3, -0.25) is 14.4 Å². The number of carbonyl (C=O) groups is 3. The fraction of sp³-hybridized carbons (Fsp3) is 0.649. The van der Waals surface area contributed by atoms with Crippen molar-refractivity contribution in [2.45, 2.75) is 309 Å². The van der Waals surface area contributed by atoms with E-state index in [1.54, 1.807) is 0 Å². The molecule has 0 spiro atoms. The quantitative estimate of drug-likeness (QED) is 0.0261. The van der Waals surface area contributed by atoms with Gasteiger partial charge < -0.3 is 14.2 Å². The van der Waals surface area contributed by atoms with Gasteiger partial charge in [0.25, 0.3) is 0 Å². The van der Waals surface area contributed by atoms with Crippen LogP contribution in [0, 0.1) is 0 Å². The highest BCUT2D eigenvalue weighted by atomic mass is 16.6. The number of rotatable bonds is 61. The molecule has 470 valence electrons. The zero-order chi connectivity index (χ0) is 59.9. The molecule has 6 nitrogen and oxygen atoms in total. The van der Waals surface area contributed by atoms with Gasteiger partial charge in [0.1, 0.15) is 13.2 Å². The lowest BCUT2D eigenvalue weighted by Gasteiger charge is -2.18. The summed E-state index contributed by atoms with van der Waals surface area (Å²) < 4.78 is 17.0. The molecule has 0 aromatic rings. The van der Waals surface area contributed by atoms with Gasteiger partial charge in [-0.05, 0) is 141 Å². The van der Waals surface area contributed by atoms with E-state index in [4.69, 9.17) is 14.2 Å². The fourth-order valence-corrected chi connectivity index (χ4v) is 9.23. The molecule has 0 bridgehead atoms. The third kappa shape index (κ3) is 68.0. The number of ether oxygens (including phenoxy) is 3. The van der Waals surface area contributed by atoms with Crippen LogP contribution in [0.4, 0.5) is 0 Å². The molecule has 1 atom stereocenters. The maximum absolute atomic E-state index is 12.9. The van der Waals surface area contributed by atoms with E-state index in [1.165, 1.54) is 116 Å². The minimum Gasteiger partial charge on any atom is -0.462 e. The molecule has 83 heavy (non-hydrogen) atoms. The second-order valence-electron chi connectivity index (χ2n) is 22.3. The Kier molecular flexibility index (Phi) is 65.8. The lowest BCUT2D eigenvalue weighted by Crippen LogP contribution is -2.30. The number of hydrogen-bond acceptors (Lipinski definition) is 6. The molecule has 0 rings (SSSR count). The van der Waals surface area contributed by atoms with Crippen molar-refractivity contribution in [3.8, 4) is 0 Å². The molecule has 6 heteroatoms. The lowest BCUT2D eigenvalue weighted by molar-refractivity contribution is -0.167. The zero-order valence-electron chi connectivity index (χ0n) is 53.9. The smallest absolute Gasteiger partial charge is 0.306 e. The molecule has 0 aromatic heterocycles. The average Bonchev–Trinajstić information content (AvgIpc) is 3.49. The first-order valence-corrected chi connectivity index (χ1v) is 34.3. The van der Waals surface area contributed by atoms with Crippen LogP contribution in [0.15, 0.2) is 146 Å². The van der Waals surface area contributed by atoms with Gasteiger partial charge in [0.2, 0.25) is 0 Å². The number of allylic oxidation sites excluding steroid dienone is 24. The van der Waals surface area contributed by atoms with Gasteiger partial charge in [0.05, 0.1) is 0 Å². The average molecular weight is 1150 g/mol. The maximum Gasteiger partial charge on any atom is 0.306 e. The molecule has 0 aliphatic rings. The van der Waals surface area contributed by atoms with E-state index in [0.717, 1.165) is 148 Å². The molecule has 0 N–H and O–H groups in total. The van der Waals surface area contributed by atoms with Gasteiger partial charge in [-0.25, -0.2) is 0 Å². The first-order chi connectivity index (χ1) is 41.0. The first-order valence-electron chi connectivity index (χ1n) is 34.3. The van der Waals surface area contributed by atoms with Crippen LogP contribution < -0.4 is 0 Å². The summed E-state index contributed by atoms with van der Waals surface area (Å²) in [5, 5.41) is 0. The molecule has 0 heterocycles. The van der Waals surface area contributed by atoms with E-state index >= 15 is 0 Å². The molecule has 0 saturated carbocycles. The molecule has 1 unspecified atom stereocenters. The molecule has 0 amide bonds.